The van der Waals surface area contributed by atoms with Crippen molar-refractivity contribution in [2.24, 2.45) is 5.73 Å². The maximum absolute atomic E-state index is 12.4. The molecule has 1 aromatic carbocycles. The van der Waals surface area contributed by atoms with Crippen molar-refractivity contribution in [2.45, 2.75) is 57.5 Å². The Morgan fingerprint density at radius 1 is 1.27 bits per heavy atom. The van der Waals surface area contributed by atoms with Crippen LogP contribution in [0.3, 0.4) is 0 Å². The third kappa shape index (κ3) is 4.08. The predicted molar refractivity (Wildman–Crippen MR) is 90.7 cm³/mol. The summed E-state index contributed by atoms with van der Waals surface area (Å²) in [5, 5.41) is 6.33. The molecule has 1 aliphatic heterocycles. The number of hydrogen-bond donors (Lipinski definition) is 3. The number of carbonyl (C=O) groups is 1. The van der Waals surface area contributed by atoms with E-state index in [4.69, 9.17) is 5.73 Å². The molecule has 1 aliphatic rings. The second-order valence-electron chi connectivity index (χ2n) is 6.85. The first-order valence-electron chi connectivity index (χ1n) is 8.31. The highest BCUT2D eigenvalue weighted by Gasteiger charge is 2.34. The van der Waals surface area contributed by atoms with E-state index in [1.165, 1.54) is 5.56 Å². The van der Waals surface area contributed by atoms with Crippen molar-refractivity contribution in [2.75, 3.05) is 13.1 Å². The van der Waals surface area contributed by atoms with E-state index in [2.05, 4.69) is 48.7 Å². The molecule has 0 aliphatic carbocycles. The van der Waals surface area contributed by atoms with Crippen molar-refractivity contribution in [3.8, 4) is 0 Å². The average Bonchev–Trinajstić information content (AvgIpc) is 2.53. The molecule has 1 fully saturated rings. The number of nitrogens with two attached hydrogens (primary N) is 1. The third-order valence-corrected chi connectivity index (χ3v) is 4.63. The van der Waals surface area contributed by atoms with Crippen molar-refractivity contribution in [3.05, 3.63) is 35.4 Å². The van der Waals surface area contributed by atoms with Crippen molar-refractivity contribution < 1.29 is 4.79 Å². The smallest absolute Gasteiger partial charge is 0.240 e. The molecule has 2 unspecified atom stereocenters. The van der Waals surface area contributed by atoms with E-state index in [-0.39, 0.29) is 11.9 Å². The summed E-state index contributed by atoms with van der Waals surface area (Å²) in [4.78, 5) is 12.4. The molecule has 2 rings (SSSR count). The van der Waals surface area contributed by atoms with Gasteiger partial charge < -0.3 is 16.4 Å². The molecular formula is C18H29N3O. The number of piperidine rings is 1. The van der Waals surface area contributed by atoms with E-state index in [0.717, 1.165) is 31.4 Å². The summed E-state index contributed by atoms with van der Waals surface area (Å²) in [7, 11) is 0. The summed E-state index contributed by atoms with van der Waals surface area (Å²) in [6, 6.07) is 8.19. The molecule has 0 radical (unpaired) electrons. The second kappa shape index (κ2) is 7.25. The van der Waals surface area contributed by atoms with Gasteiger partial charge in [-0.15, -0.1) is 0 Å². The van der Waals surface area contributed by atoms with Gasteiger partial charge in [0.05, 0.1) is 5.54 Å². The minimum absolute atomic E-state index is 0.0569. The zero-order chi connectivity index (χ0) is 16.2. The first-order valence-corrected chi connectivity index (χ1v) is 8.31. The lowest BCUT2D eigenvalue weighted by atomic mass is 9.90. The van der Waals surface area contributed by atoms with Crippen LogP contribution < -0.4 is 16.4 Å². The Kier molecular flexibility index (Phi) is 5.59. The number of carbonyl (C=O) groups excluding carboxylic acids is 1. The molecule has 0 aromatic heterocycles. The lowest BCUT2D eigenvalue weighted by molar-refractivity contribution is -0.128. The van der Waals surface area contributed by atoms with Crippen molar-refractivity contribution >= 4 is 5.91 Å². The molecule has 22 heavy (non-hydrogen) atoms. The fourth-order valence-corrected chi connectivity index (χ4v) is 2.89. The lowest BCUT2D eigenvalue weighted by Crippen LogP contribution is -2.57. The molecular weight excluding hydrogens is 274 g/mol. The van der Waals surface area contributed by atoms with Crippen LogP contribution in [0.2, 0.25) is 0 Å². The van der Waals surface area contributed by atoms with Gasteiger partial charge >= 0.3 is 0 Å². The molecule has 1 saturated heterocycles. The molecule has 1 heterocycles. The summed E-state index contributed by atoms with van der Waals surface area (Å²) >= 11 is 0. The summed E-state index contributed by atoms with van der Waals surface area (Å²) in [5.41, 5.74) is 8.13. The van der Waals surface area contributed by atoms with E-state index in [0.29, 0.717) is 12.5 Å². The largest absolute Gasteiger partial charge is 0.353 e. The van der Waals surface area contributed by atoms with E-state index in [1.807, 2.05) is 6.92 Å². The second-order valence-corrected chi connectivity index (χ2v) is 6.85. The minimum atomic E-state index is -0.445. The predicted octanol–water partition coefficient (Wildman–Crippen LogP) is 2.46. The van der Waals surface area contributed by atoms with Gasteiger partial charge in [0.1, 0.15) is 0 Å². The van der Waals surface area contributed by atoms with Crippen LogP contribution in [0.15, 0.2) is 24.3 Å². The van der Waals surface area contributed by atoms with Gasteiger partial charge in [-0.25, -0.2) is 0 Å². The van der Waals surface area contributed by atoms with Crippen molar-refractivity contribution in [1.82, 2.24) is 10.6 Å². The number of hydrogen-bond acceptors (Lipinski definition) is 3. The summed E-state index contributed by atoms with van der Waals surface area (Å²) in [6.07, 6.45) is 3.13. The van der Waals surface area contributed by atoms with E-state index in [1.54, 1.807) is 0 Å². The fraction of sp³-hybridized carbons (Fsp3) is 0.611. The summed E-state index contributed by atoms with van der Waals surface area (Å²) in [5.74, 6) is 0.573. The van der Waals surface area contributed by atoms with Gasteiger partial charge in [0, 0.05) is 12.6 Å². The normalized spacial score (nSPS) is 23.3. The Morgan fingerprint density at radius 3 is 2.45 bits per heavy atom. The van der Waals surface area contributed by atoms with Crippen LogP contribution in [0.1, 0.15) is 63.1 Å². The van der Waals surface area contributed by atoms with E-state index >= 15 is 0 Å². The third-order valence-electron chi connectivity index (χ3n) is 4.63. The van der Waals surface area contributed by atoms with Crippen LogP contribution in [0.25, 0.3) is 0 Å². The molecule has 1 amide bonds. The zero-order valence-corrected chi connectivity index (χ0v) is 14.0. The monoisotopic (exact) mass is 303 g/mol. The average molecular weight is 303 g/mol. The fourth-order valence-electron chi connectivity index (χ4n) is 2.89. The van der Waals surface area contributed by atoms with E-state index < -0.39 is 5.54 Å². The molecule has 122 valence electrons. The molecule has 1 aromatic rings. The number of benzene rings is 1. The van der Waals surface area contributed by atoms with Crippen LogP contribution in [-0.4, -0.2) is 24.5 Å². The first-order chi connectivity index (χ1) is 10.4. The molecule has 2 atom stereocenters. The SMILES string of the molecule is CC(C)c1ccc(C(N)CNC(=O)C2(C)CCCCN2)cc1. The highest BCUT2D eigenvalue weighted by atomic mass is 16.2. The lowest BCUT2D eigenvalue weighted by Gasteiger charge is -2.33. The van der Waals surface area contributed by atoms with Crippen LogP contribution >= 0.6 is 0 Å². The van der Waals surface area contributed by atoms with Gasteiger partial charge in [0.2, 0.25) is 5.91 Å². The van der Waals surface area contributed by atoms with E-state index in [9.17, 15) is 4.79 Å². The first kappa shape index (κ1) is 17.0. The topological polar surface area (TPSA) is 67.1 Å². The van der Waals surface area contributed by atoms with Gasteiger partial charge in [0.25, 0.3) is 0 Å². The molecule has 4 nitrogen and oxygen atoms in total. The zero-order valence-electron chi connectivity index (χ0n) is 14.0. The molecule has 0 saturated carbocycles. The Balaban J connectivity index is 1.89. The molecule has 4 heteroatoms. The highest BCUT2D eigenvalue weighted by Crippen LogP contribution is 2.20. The van der Waals surface area contributed by atoms with Crippen molar-refractivity contribution in [3.63, 3.8) is 0 Å². The van der Waals surface area contributed by atoms with Gasteiger partial charge in [-0.1, -0.05) is 38.1 Å². The number of nitrogens with one attached hydrogen (secondary N) is 2. The Hall–Kier alpha value is -1.39. The van der Waals surface area contributed by atoms with Gasteiger partial charge in [0.15, 0.2) is 0 Å². The van der Waals surface area contributed by atoms with Crippen molar-refractivity contribution in [1.29, 1.82) is 0 Å². The Bertz CT molecular complexity index is 490. The maximum Gasteiger partial charge on any atom is 0.240 e. The summed E-state index contributed by atoms with van der Waals surface area (Å²) < 4.78 is 0. The van der Waals surface area contributed by atoms with Crippen LogP contribution in [0, 0.1) is 0 Å². The number of rotatable bonds is 5. The number of amides is 1. The molecule has 4 N–H and O–H groups in total. The summed E-state index contributed by atoms with van der Waals surface area (Å²) in [6.45, 7) is 7.70. The molecule has 0 spiro atoms. The van der Waals surface area contributed by atoms with Gasteiger partial charge in [-0.2, -0.15) is 0 Å². The van der Waals surface area contributed by atoms with Crippen LogP contribution in [-0.2, 0) is 4.79 Å². The Labute approximate surface area is 133 Å². The minimum Gasteiger partial charge on any atom is -0.353 e. The highest BCUT2D eigenvalue weighted by molar-refractivity contribution is 5.86. The van der Waals surface area contributed by atoms with Crippen LogP contribution in [0.4, 0.5) is 0 Å². The standard InChI is InChI=1S/C18H29N3O/c1-13(2)14-6-8-15(9-7-14)16(19)12-20-17(22)18(3)10-4-5-11-21-18/h6-9,13,16,21H,4-5,10-12,19H2,1-3H3,(H,20,22). The maximum atomic E-state index is 12.4. The molecule has 0 bridgehead atoms. The van der Waals surface area contributed by atoms with Gasteiger partial charge in [-0.05, 0) is 49.8 Å². The van der Waals surface area contributed by atoms with Gasteiger partial charge in [-0.3, -0.25) is 4.79 Å². The Morgan fingerprint density at radius 2 is 1.91 bits per heavy atom. The quantitative estimate of drug-likeness (QED) is 0.783. The van der Waals surface area contributed by atoms with Crippen LogP contribution in [0.5, 0.6) is 0 Å².